The highest BCUT2D eigenvalue weighted by molar-refractivity contribution is 6.07. The number of aromatic amines is 2. The van der Waals surface area contributed by atoms with E-state index in [9.17, 15) is 9.59 Å². The number of imidazole rings is 2. The van der Waals surface area contributed by atoms with Gasteiger partial charge in [0.1, 0.15) is 11.6 Å². The number of carbonyl (C=O) groups is 2. The summed E-state index contributed by atoms with van der Waals surface area (Å²) in [5, 5.41) is 7.33. The summed E-state index contributed by atoms with van der Waals surface area (Å²) in [6.07, 6.45) is 2.94. The quantitative estimate of drug-likeness (QED) is 0.192. The molecule has 0 radical (unpaired) electrons. The van der Waals surface area contributed by atoms with Crippen LogP contribution in [0.4, 0.5) is 0 Å². The van der Waals surface area contributed by atoms with E-state index in [-0.39, 0.29) is 5.91 Å². The third-order valence-corrected chi connectivity index (χ3v) is 7.39. The SMILES string of the molecule is CCCN(C=O)Cc1nc2c(ccc3cc(-c4ccc5c(ccc6[nH]c(CCNC(=O)CC)nc65)c4)ccc32)[nH]1. The summed E-state index contributed by atoms with van der Waals surface area (Å²) in [4.78, 5) is 41.1. The van der Waals surface area contributed by atoms with Crippen LogP contribution in [0.5, 0.6) is 0 Å². The largest absolute Gasteiger partial charge is 0.356 e. The van der Waals surface area contributed by atoms with Gasteiger partial charge in [-0.05, 0) is 52.6 Å². The summed E-state index contributed by atoms with van der Waals surface area (Å²) < 4.78 is 0. The first kappa shape index (κ1) is 25.6. The molecule has 0 spiro atoms. The van der Waals surface area contributed by atoms with E-state index in [1.165, 1.54) is 0 Å². The lowest BCUT2D eigenvalue weighted by molar-refractivity contribution is -0.121. The monoisotopic (exact) mass is 532 g/mol. The number of nitrogens with one attached hydrogen (secondary N) is 3. The lowest BCUT2D eigenvalue weighted by Crippen LogP contribution is -2.24. The number of nitrogens with zero attached hydrogens (tertiary/aromatic N) is 3. The Hall–Kier alpha value is -4.72. The zero-order valence-electron chi connectivity index (χ0n) is 22.8. The molecule has 2 amide bonds. The molecule has 0 atom stereocenters. The van der Waals surface area contributed by atoms with Gasteiger partial charge >= 0.3 is 0 Å². The van der Waals surface area contributed by atoms with E-state index in [1.807, 2.05) is 6.92 Å². The van der Waals surface area contributed by atoms with Gasteiger partial charge in [0, 0.05) is 36.7 Å². The Morgan fingerprint density at radius 2 is 1.45 bits per heavy atom. The molecule has 2 heterocycles. The topological polar surface area (TPSA) is 107 Å². The Kier molecular flexibility index (Phi) is 6.90. The fourth-order valence-electron chi connectivity index (χ4n) is 5.35. The summed E-state index contributed by atoms with van der Waals surface area (Å²) in [6.45, 7) is 5.66. The standard InChI is InChI=1S/C32H32N6O2/c1-3-15-38(19-39)18-29-35-27-12-8-23-17-21(6-10-25(23)32(27)37-29)20-5-9-24-22(16-20)7-11-26-31(24)36-28(34-26)13-14-33-30(40)4-2/h5-12,16-17,19H,3-4,13-15,18H2,1-2H3,(H,33,40)(H,34,36)(H,35,37). The molecule has 6 aromatic rings. The minimum atomic E-state index is 0.0506. The molecule has 0 aliphatic carbocycles. The van der Waals surface area contributed by atoms with Crippen molar-refractivity contribution in [3.8, 4) is 11.1 Å². The van der Waals surface area contributed by atoms with Crippen molar-refractivity contribution in [1.29, 1.82) is 0 Å². The van der Waals surface area contributed by atoms with Crippen molar-refractivity contribution in [2.24, 2.45) is 0 Å². The molecule has 0 saturated heterocycles. The van der Waals surface area contributed by atoms with Crippen molar-refractivity contribution < 1.29 is 9.59 Å². The highest BCUT2D eigenvalue weighted by Crippen LogP contribution is 2.32. The second-order valence-electron chi connectivity index (χ2n) is 10.2. The number of carbonyl (C=O) groups excluding carboxylic acids is 2. The summed E-state index contributed by atoms with van der Waals surface area (Å²) in [5.41, 5.74) is 6.11. The van der Waals surface area contributed by atoms with E-state index in [2.05, 4.69) is 82.9 Å². The maximum Gasteiger partial charge on any atom is 0.219 e. The van der Waals surface area contributed by atoms with Crippen LogP contribution in [-0.4, -0.2) is 50.2 Å². The van der Waals surface area contributed by atoms with Crippen LogP contribution >= 0.6 is 0 Å². The number of hydrogen-bond acceptors (Lipinski definition) is 4. The number of amides is 2. The van der Waals surface area contributed by atoms with Crippen LogP contribution in [0.25, 0.3) is 54.7 Å². The lowest BCUT2D eigenvalue weighted by Gasteiger charge is -2.13. The highest BCUT2D eigenvalue weighted by atomic mass is 16.1. The Morgan fingerprint density at radius 3 is 2.02 bits per heavy atom. The van der Waals surface area contributed by atoms with Crippen molar-refractivity contribution in [3.05, 3.63) is 72.3 Å². The van der Waals surface area contributed by atoms with E-state index in [0.29, 0.717) is 32.5 Å². The number of H-pyrrole nitrogens is 2. The predicted molar refractivity (Wildman–Crippen MR) is 160 cm³/mol. The van der Waals surface area contributed by atoms with E-state index < -0.39 is 0 Å². The van der Waals surface area contributed by atoms with Crippen LogP contribution in [-0.2, 0) is 22.6 Å². The van der Waals surface area contributed by atoms with Crippen molar-refractivity contribution in [3.63, 3.8) is 0 Å². The van der Waals surface area contributed by atoms with Crippen molar-refractivity contribution in [1.82, 2.24) is 30.2 Å². The minimum absolute atomic E-state index is 0.0506. The molecule has 8 heteroatoms. The average molecular weight is 533 g/mol. The van der Waals surface area contributed by atoms with Crippen molar-refractivity contribution in [2.75, 3.05) is 13.1 Å². The first-order valence-corrected chi connectivity index (χ1v) is 13.9. The molecular weight excluding hydrogens is 500 g/mol. The van der Waals surface area contributed by atoms with Gasteiger partial charge in [-0.1, -0.05) is 50.2 Å². The molecule has 2 aromatic heterocycles. The molecule has 0 bridgehead atoms. The molecule has 4 aromatic carbocycles. The Labute approximate surface area is 231 Å². The molecule has 6 rings (SSSR count). The van der Waals surface area contributed by atoms with Crippen LogP contribution in [0.2, 0.25) is 0 Å². The third kappa shape index (κ3) is 4.88. The van der Waals surface area contributed by atoms with Gasteiger partial charge in [-0.2, -0.15) is 0 Å². The molecule has 0 saturated carbocycles. The van der Waals surface area contributed by atoms with Crippen molar-refractivity contribution in [2.45, 2.75) is 39.7 Å². The van der Waals surface area contributed by atoms with Gasteiger partial charge in [-0.3, -0.25) is 9.59 Å². The van der Waals surface area contributed by atoms with Crippen LogP contribution < -0.4 is 5.32 Å². The zero-order chi connectivity index (χ0) is 27.6. The van der Waals surface area contributed by atoms with E-state index in [4.69, 9.17) is 9.97 Å². The molecule has 0 unspecified atom stereocenters. The highest BCUT2D eigenvalue weighted by Gasteiger charge is 2.12. The van der Waals surface area contributed by atoms with E-state index in [0.717, 1.165) is 79.2 Å². The van der Waals surface area contributed by atoms with E-state index >= 15 is 0 Å². The van der Waals surface area contributed by atoms with Gasteiger partial charge in [-0.15, -0.1) is 0 Å². The maximum atomic E-state index is 11.5. The van der Waals surface area contributed by atoms with Crippen LogP contribution in [0.15, 0.2) is 60.7 Å². The van der Waals surface area contributed by atoms with E-state index in [1.54, 1.807) is 4.90 Å². The zero-order valence-corrected chi connectivity index (χ0v) is 22.8. The molecule has 0 fully saturated rings. The van der Waals surface area contributed by atoms with Gasteiger partial charge < -0.3 is 20.2 Å². The molecule has 8 nitrogen and oxygen atoms in total. The van der Waals surface area contributed by atoms with Gasteiger partial charge in [0.2, 0.25) is 12.3 Å². The Balaban J connectivity index is 1.29. The summed E-state index contributed by atoms with van der Waals surface area (Å²) in [7, 11) is 0. The first-order valence-electron chi connectivity index (χ1n) is 13.9. The summed E-state index contributed by atoms with van der Waals surface area (Å²) in [5.74, 6) is 1.71. The second-order valence-corrected chi connectivity index (χ2v) is 10.2. The number of fused-ring (bicyclic) bond motifs is 6. The number of rotatable bonds is 10. The van der Waals surface area contributed by atoms with Crippen LogP contribution in [0.3, 0.4) is 0 Å². The first-order chi connectivity index (χ1) is 19.6. The normalized spacial score (nSPS) is 11.6. The minimum Gasteiger partial charge on any atom is -0.356 e. The fraction of sp³-hybridized carbons (Fsp3) is 0.250. The van der Waals surface area contributed by atoms with Crippen LogP contribution in [0.1, 0.15) is 38.3 Å². The molecular formula is C32H32N6O2. The second kappa shape index (κ2) is 10.8. The summed E-state index contributed by atoms with van der Waals surface area (Å²) in [6, 6.07) is 21.3. The Morgan fingerprint density at radius 1 is 0.850 bits per heavy atom. The van der Waals surface area contributed by atoms with Gasteiger partial charge in [0.25, 0.3) is 0 Å². The smallest absolute Gasteiger partial charge is 0.219 e. The van der Waals surface area contributed by atoms with Gasteiger partial charge in [0.05, 0.1) is 28.6 Å². The maximum absolute atomic E-state index is 11.5. The average Bonchev–Trinajstić information content (AvgIpc) is 3.60. The van der Waals surface area contributed by atoms with Gasteiger partial charge in [-0.25, -0.2) is 9.97 Å². The number of aromatic nitrogens is 4. The molecule has 40 heavy (non-hydrogen) atoms. The Bertz CT molecular complexity index is 1870. The molecule has 0 aliphatic heterocycles. The van der Waals surface area contributed by atoms with Crippen LogP contribution in [0, 0.1) is 0 Å². The predicted octanol–water partition coefficient (Wildman–Crippen LogP) is 5.85. The van der Waals surface area contributed by atoms with Crippen molar-refractivity contribution >= 4 is 55.9 Å². The molecule has 3 N–H and O–H groups in total. The number of benzene rings is 4. The summed E-state index contributed by atoms with van der Waals surface area (Å²) >= 11 is 0. The fourth-order valence-corrected chi connectivity index (χ4v) is 5.35. The lowest BCUT2D eigenvalue weighted by atomic mass is 9.98. The molecule has 202 valence electrons. The molecule has 0 aliphatic rings. The third-order valence-electron chi connectivity index (χ3n) is 7.39. The van der Waals surface area contributed by atoms with Gasteiger partial charge in [0.15, 0.2) is 0 Å². The number of hydrogen-bond donors (Lipinski definition) is 3.